The molecule has 6 nitrogen and oxygen atoms in total. The van der Waals surface area contributed by atoms with E-state index in [1.54, 1.807) is 5.01 Å². The third kappa shape index (κ3) is 3.69. The van der Waals surface area contributed by atoms with Gasteiger partial charge >= 0.3 is 0 Å². The minimum atomic E-state index is -1.73. The summed E-state index contributed by atoms with van der Waals surface area (Å²) in [5.41, 5.74) is 7.22. The van der Waals surface area contributed by atoms with Crippen molar-refractivity contribution in [3.8, 4) is 0 Å². The largest absolute Gasteiger partial charge is 0.363 e. The van der Waals surface area contributed by atoms with Crippen molar-refractivity contribution in [1.82, 2.24) is 14.9 Å². The van der Waals surface area contributed by atoms with Gasteiger partial charge in [-0.3, -0.25) is 5.01 Å². The van der Waals surface area contributed by atoms with Gasteiger partial charge in [-0.2, -0.15) is 13.9 Å². The van der Waals surface area contributed by atoms with Gasteiger partial charge in [0, 0.05) is 44.2 Å². The first kappa shape index (κ1) is 17.1. The Balaban J connectivity index is 1.78. The van der Waals surface area contributed by atoms with Crippen LogP contribution in [0.3, 0.4) is 0 Å². The molecule has 1 aromatic heterocycles. The summed E-state index contributed by atoms with van der Waals surface area (Å²) in [7, 11) is 3.87. The number of nitrogens with two attached hydrogens (primary N) is 1. The number of rotatable bonds is 5. The van der Waals surface area contributed by atoms with Gasteiger partial charge in [0.15, 0.2) is 5.84 Å². The molecule has 2 N–H and O–H groups in total. The Labute approximate surface area is 145 Å². The van der Waals surface area contributed by atoms with Gasteiger partial charge in [0.05, 0.1) is 6.54 Å². The number of allylic oxidation sites excluding steroid dienone is 2. The lowest BCUT2D eigenvalue weighted by atomic mass is 10.1. The summed E-state index contributed by atoms with van der Waals surface area (Å²) in [5.74, 6) is 1.59. The smallest absolute Gasteiger partial charge is 0.272 e. The first-order chi connectivity index (χ1) is 12.0. The molecule has 0 unspecified atom stereocenters. The average molecular weight is 346 g/mol. The van der Waals surface area contributed by atoms with Crippen LogP contribution in [-0.2, 0) is 0 Å². The highest BCUT2D eigenvalue weighted by Crippen LogP contribution is 2.24. The first-order valence-corrected chi connectivity index (χ1v) is 7.85. The van der Waals surface area contributed by atoms with E-state index in [2.05, 4.69) is 10.1 Å². The Hall–Kier alpha value is -2.74. The number of amidine groups is 1. The number of pyridine rings is 1. The molecule has 0 bridgehead atoms. The van der Waals surface area contributed by atoms with Crippen molar-refractivity contribution in [2.24, 2.45) is 10.8 Å². The molecule has 3 rings (SSSR count). The van der Waals surface area contributed by atoms with E-state index in [1.807, 2.05) is 60.6 Å². The van der Waals surface area contributed by atoms with Crippen LogP contribution in [0.5, 0.6) is 0 Å². The molecule has 25 heavy (non-hydrogen) atoms. The van der Waals surface area contributed by atoms with Crippen LogP contribution in [0.1, 0.15) is 5.56 Å². The normalized spacial score (nSPS) is 15.7. The van der Waals surface area contributed by atoms with Crippen LogP contribution in [0.25, 0.3) is 5.57 Å². The van der Waals surface area contributed by atoms with Gasteiger partial charge in [0.1, 0.15) is 12.5 Å². The number of hydrogen-bond acceptors (Lipinski definition) is 6. The highest BCUT2D eigenvalue weighted by Gasteiger charge is 2.24. The third-order valence-electron chi connectivity index (χ3n) is 4.00. The van der Waals surface area contributed by atoms with Crippen LogP contribution < -0.4 is 10.6 Å². The van der Waals surface area contributed by atoms with Crippen molar-refractivity contribution in [1.29, 1.82) is 0 Å². The van der Waals surface area contributed by atoms with Crippen molar-refractivity contribution in [3.05, 3.63) is 53.9 Å². The Kier molecular flexibility index (Phi) is 4.80. The fourth-order valence-corrected chi connectivity index (χ4v) is 2.58. The summed E-state index contributed by atoms with van der Waals surface area (Å²) in [6.45, 7) is 0.268. The molecule has 0 fully saturated rings. The van der Waals surface area contributed by atoms with E-state index in [0.717, 1.165) is 17.0 Å². The molecule has 2 aliphatic heterocycles. The zero-order chi connectivity index (χ0) is 18.0. The number of fused-ring (bicyclic) bond motifs is 1. The highest BCUT2D eigenvalue weighted by molar-refractivity contribution is 6.04. The van der Waals surface area contributed by atoms with Crippen LogP contribution in [0, 0.1) is 0 Å². The van der Waals surface area contributed by atoms with Gasteiger partial charge in [0.25, 0.3) is 6.08 Å². The summed E-state index contributed by atoms with van der Waals surface area (Å²) >= 11 is 0. The maximum atomic E-state index is 12.8. The molecule has 8 heteroatoms. The SMILES string of the molecule is CN(C)c1ccc(C2=CC3=NN(CC(CN)=C(F)F)CN3C=C2)cn1. The fraction of sp³-hybridized carbons (Fsp3) is 0.294. The zero-order valence-electron chi connectivity index (χ0n) is 14.2. The first-order valence-electron chi connectivity index (χ1n) is 7.85. The number of nitrogens with zero attached hydrogens (tertiary/aromatic N) is 5. The minimum Gasteiger partial charge on any atom is -0.363 e. The second-order valence-electron chi connectivity index (χ2n) is 6.02. The molecule has 0 aromatic carbocycles. The van der Waals surface area contributed by atoms with Crippen molar-refractivity contribution in [2.75, 3.05) is 38.8 Å². The Morgan fingerprint density at radius 2 is 2.12 bits per heavy atom. The summed E-state index contributed by atoms with van der Waals surface area (Å²) in [5, 5.41) is 5.98. The van der Waals surface area contributed by atoms with Gasteiger partial charge in [-0.25, -0.2) is 4.98 Å². The highest BCUT2D eigenvalue weighted by atomic mass is 19.3. The van der Waals surface area contributed by atoms with Gasteiger partial charge in [0.2, 0.25) is 0 Å². The molecule has 0 spiro atoms. The van der Waals surface area contributed by atoms with E-state index in [-0.39, 0.29) is 18.7 Å². The lowest BCUT2D eigenvalue weighted by Crippen LogP contribution is -2.29. The number of hydrogen-bond donors (Lipinski definition) is 1. The maximum Gasteiger partial charge on any atom is 0.272 e. The Bertz CT molecular complexity index is 760. The van der Waals surface area contributed by atoms with E-state index in [1.165, 1.54) is 0 Å². The van der Waals surface area contributed by atoms with Crippen molar-refractivity contribution in [2.45, 2.75) is 0 Å². The van der Waals surface area contributed by atoms with E-state index in [4.69, 9.17) is 5.73 Å². The van der Waals surface area contributed by atoms with Crippen molar-refractivity contribution in [3.63, 3.8) is 0 Å². The van der Waals surface area contributed by atoms with Gasteiger partial charge in [-0.1, -0.05) is 0 Å². The van der Waals surface area contributed by atoms with Gasteiger partial charge in [-0.15, -0.1) is 0 Å². The molecule has 2 aliphatic rings. The molecule has 0 atom stereocenters. The minimum absolute atomic E-state index is 0.0228. The lowest BCUT2D eigenvalue weighted by molar-refractivity contribution is 0.274. The van der Waals surface area contributed by atoms with Crippen LogP contribution in [0.4, 0.5) is 14.6 Å². The second-order valence-corrected chi connectivity index (χ2v) is 6.02. The Morgan fingerprint density at radius 1 is 1.32 bits per heavy atom. The summed E-state index contributed by atoms with van der Waals surface area (Å²) in [6.07, 6.45) is 5.86. The predicted octanol–water partition coefficient (Wildman–Crippen LogP) is 2.06. The molecule has 0 radical (unpaired) electrons. The molecule has 0 saturated carbocycles. The van der Waals surface area contributed by atoms with Crippen LogP contribution in [-0.4, -0.2) is 54.6 Å². The number of anilines is 1. The summed E-state index contributed by atoms with van der Waals surface area (Å²) in [6, 6.07) is 3.94. The number of halogens is 2. The van der Waals surface area contributed by atoms with E-state index in [9.17, 15) is 8.78 Å². The average Bonchev–Trinajstić information content (AvgIpc) is 3.01. The van der Waals surface area contributed by atoms with Gasteiger partial charge in [-0.05, 0) is 29.9 Å². The van der Waals surface area contributed by atoms with Crippen LogP contribution in [0.2, 0.25) is 0 Å². The number of aromatic nitrogens is 1. The van der Waals surface area contributed by atoms with Crippen molar-refractivity contribution >= 4 is 17.2 Å². The molecule has 1 aromatic rings. The van der Waals surface area contributed by atoms with E-state index < -0.39 is 6.08 Å². The molecular formula is C17H20F2N6. The fourth-order valence-electron chi connectivity index (χ4n) is 2.58. The molecule has 3 heterocycles. The maximum absolute atomic E-state index is 12.8. The van der Waals surface area contributed by atoms with Crippen molar-refractivity contribution < 1.29 is 8.78 Å². The monoisotopic (exact) mass is 346 g/mol. The van der Waals surface area contributed by atoms with E-state index in [0.29, 0.717) is 12.5 Å². The topological polar surface area (TPSA) is 61.0 Å². The molecule has 132 valence electrons. The van der Waals surface area contributed by atoms with E-state index >= 15 is 0 Å². The predicted molar refractivity (Wildman–Crippen MR) is 94.8 cm³/mol. The van der Waals surface area contributed by atoms with Gasteiger partial charge < -0.3 is 15.5 Å². The Morgan fingerprint density at radius 3 is 2.72 bits per heavy atom. The standard InChI is InChI=1S/C17H20F2N6/c1-23(2)15-4-3-13(9-21-15)12-5-6-24-11-25(22-16(24)7-12)10-14(8-20)17(18)19/h3-7,9H,8,10-11,20H2,1-2H3. The second kappa shape index (κ2) is 7.02. The zero-order valence-corrected chi connectivity index (χ0v) is 14.2. The molecule has 0 aliphatic carbocycles. The number of hydrazone groups is 1. The third-order valence-corrected chi connectivity index (χ3v) is 4.00. The molecule has 0 amide bonds. The molecular weight excluding hydrogens is 326 g/mol. The summed E-state index contributed by atoms with van der Waals surface area (Å²) in [4.78, 5) is 8.24. The quantitative estimate of drug-likeness (QED) is 0.884. The molecule has 0 saturated heterocycles. The van der Waals surface area contributed by atoms with Crippen LogP contribution >= 0.6 is 0 Å². The summed E-state index contributed by atoms with van der Waals surface area (Å²) < 4.78 is 25.5. The van der Waals surface area contributed by atoms with Crippen LogP contribution in [0.15, 0.2) is 53.4 Å². The lowest BCUT2D eigenvalue weighted by Gasteiger charge is -2.20.